The third-order valence-electron chi connectivity index (χ3n) is 4.45. The summed E-state index contributed by atoms with van der Waals surface area (Å²) in [6.45, 7) is 0.151. The number of halogens is 3. The van der Waals surface area contributed by atoms with Gasteiger partial charge in [-0.05, 0) is 19.3 Å². The predicted molar refractivity (Wildman–Crippen MR) is 61.2 cm³/mol. The largest absolute Gasteiger partial charge is 0.392 e. The number of hydrogen-bond donors (Lipinski definition) is 1. The molecule has 0 saturated heterocycles. The van der Waals surface area contributed by atoms with Gasteiger partial charge in [0.25, 0.3) is 0 Å². The van der Waals surface area contributed by atoms with Crippen molar-refractivity contribution in [2.45, 2.75) is 69.8 Å². The molecule has 0 bridgehead atoms. The van der Waals surface area contributed by atoms with Crippen LogP contribution in [0.4, 0.5) is 13.2 Å². The molecule has 0 heterocycles. The van der Waals surface area contributed by atoms with Crippen molar-refractivity contribution in [2.75, 3.05) is 6.61 Å². The van der Waals surface area contributed by atoms with Crippen LogP contribution in [0.5, 0.6) is 0 Å². The van der Waals surface area contributed by atoms with E-state index in [1.165, 1.54) is 6.42 Å². The van der Waals surface area contributed by atoms with Gasteiger partial charge in [0.05, 0.1) is 12.2 Å². The molecule has 0 aromatic rings. The van der Waals surface area contributed by atoms with Crippen LogP contribution in [0.3, 0.4) is 0 Å². The molecule has 0 aromatic heterocycles. The van der Waals surface area contributed by atoms with Crippen LogP contribution in [0.2, 0.25) is 0 Å². The van der Waals surface area contributed by atoms with E-state index in [0.717, 1.165) is 25.7 Å². The zero-order valence-corrected chi connectivity index (χ0v) is 10.5. The summed E-state index contributed by atoms with van der Waals surface area (Å²) in [4.78, 5) is 0. The molecule has 1 N–H and O–H groups in total. The Labute approximate surface area is 106 Å². The van der Waals surface area contributed by atoms with Gasteiger partial charge in [0, 0.05) is 24.9 Å². The Morgan fingerprint density at radius 2 is 1.83 bits per heavy atom. The fourth-order valence-electron chi connectivity index (χ4n) is 3.32. The molecule has 2 atom stereocenters. The van der Waals surface area contributed by atoms with E-state index in [1.807, 2.05) is 0 Å². The number of hydrogen-bond acceptors (Lipinski definition) is 2. The van der Waals surface area contributed by atoms with Crippen LogP contribution in [0.25, 0.3) is 0 Å². The van der Waals surface area contributed by atoms with Crippen molar-refractivity contribution in [3.8, 4) is 0 Å². The van der Waals surface area contributed by atoms with Crippen molar-refractivity contribution in [3.05, 3.63) is 0 Å². The first kappa shape index (κ1) is 14.1. The van der Waals surface area contributed by atoms with Crippen molar-refractivity contribution < 1.29 is 23.0 Å². The first-order chi connectivity index (χ1) is 8.44. The molecule has 0 radical (unpaired) electrons. The molecule has 2 saturated carbocycles. The summed E-state index contributed by atoms with van der Waals surface area (Å²) in [6.07, 6.45) is 0.689. The van der Waals surface area contributed by atoms with Crippen LogP contribution in [-0.4, -0.2) is 30.1 Å². The van der Waals surface area contributed by atoms with Crippen molar-refractivity contribution in [2.24, 2.45) is 5.41 Å². The van der Waals surface area contributed by atoms with E-state index >= 15 is 0 Å². The molecule has 18 heavy (non-hydrogen) atoms. The Bertz CT molecular complexity index is 272. The Balaban J connectivity index is 1.73. The van der Waals surface area contributed by atoms with Crippen molar-refractivity contribution >= 4 is 0 Å². The van der Waals surface area contributed by atoms with E-state index in [9.17, 15) is 18.3 Å². The van der Waals surface area contributed by atoms with Gasteiger partial charge in [0.2, 0.25) is 0 Å². The van der Waals surface area contributed by atoms with Crippen molar-refractivity contribution in [3.63, 3.8) is 0 Å². The molecule has 2 nitrogen and oxygen atoms in total. The molecule has 2 aliphatic rings. The second-order valence-corrected chi connectivity index (χ2v) is 5.62. The van der Waals surface area contributed by atoms with Gasteiger partial charge in [-0.15, -0.1) is 0 Å². The van der Waals surface area contributed by atoms with E-state index < -0.39 is 12.6 Å². The van der Waals surface area contributed by atoms with Gasteiger partial charge < -0.3 is 9.84 Å². The SMILES string of the molecule is OC1CC(OCCCC(F)(F)F)C12CCCCC2. The Kier molecular flexibility index (Phi) is 4.22. The predicted octanol–water partition coefficient (Wildman–Crippen LogP) is 3.43. The van der Waals surface area contributed by atoms with E-state index in [-0.39, 0.29) is 30.7 Å². The molecule has 5 heteroatoms. The summed E-state index contributed by atoms with van der Waals surface area (Å²) in [5.74, 6) is 0. The summed E-state index contributed by atoms with van der Waals surface area (Å²) in [5, 5.41) is 9.92. The highest BCUT2D eigenvalue weighted by Gasteiger charge is 2.55. The highest BCUT2D eigenvalue weighted by Crippen LogP contribution is 2.53. The maximum Gasteiger partial charge on any atom is 0.389 e. The molecule has 0 aliphatic heterocycles. The third kappa shape index (κ3) is 2.99. The maximum atomic E-state index is 12.0. The Morgan fingerprint density at radius 1 is 1.17 bits per heavy atom. The molecular weight excluding hydrogens is 245 g/mol. The fraction of sp³-hybridized carbons (Fsp3) is 1.00. The lowest BCUT2D eigenvalue weighted by atomic mass is 9.56. The van der Waals surface area contributed by atoms with E-state index in [1.54, 1.807) is 0 Å². The first-order valence-corrected chi connectivity index (χ1v) is 6.80. The highest BCUT2D eigenvalue weighted by molar-refractivity contribution is 5.05. The molecule has 1 spiro atoms. The second kappa shape index (κ2) is 5.37. The van der Waals surface area contributed by atoms with Gasteiger partial charge in [0.15, 0.2) is 0 Å². The first-order valence-electron chi connectivity index (χ1n) is 6.80. The average molecular weight is 266 g/mol. The molecule has 2 aliphatic carbocycles. The molecular formula is C13H21F3O2. The molecule has 2 rings (SSSR count). The highest BCUT2D eigenvalue weighted by atomic mass is 19.4. The van der Waals surface area contributed by atoms with Gasteiger partial charge in [-0.2, -0.15) is 13.2 Å². The molecule has 2 unspecified atom stereocenters. The monoisotopic (exact) mass is 266 g/mol. The lowest BCUT2D eigenvalue weighted by molar-refractivity contribution is -0.209. The maximum absolute atomic E-state index is 12.0. The second-order valence-electron chi connectivity index (χ2n) is 5.62. The van der Waals surface area contributed by atoms with Gasteiger partial charge in [-0.1, -0.05) is 19.3 Å². The smallest absolute Gasteiger partial charge is 0.389 e. The number of rotatable bonds is 4. The van der Waals surface area contributed by atoms with Crippen LogP contribution in [0, 0.1) is 5.41 Å². The van der Waals surface area contributed by atoms with Crippen molar-refractivity contribution in [1.82, 2.24) is 0 Å². The minimum Gasteiger partial charge on any atom is -0.392 e. The average Bonchev–Trinajstić information content (AvgIpc) is 2.33. The minimum atomic E-state index is -4.09. The summed E-state index contributed by atoms with van der Waals surface area (Å²) < 4.78 is 41.5. The van der Waals surface area contributed by atoms with E-state index in [0.29, 0.717) is 6.42 Å². The Morgan fingerprint density at radius 3 is 2.39 bits per heavy atom. The summed E-state index contributed by atoms with van der Waals surface area (Å²) in [6, 6.07) is 0. The summed E-state index contributed by atoms with van der Waals surface area (Å²) >= 11 is 0. The van der Waals surface area contributed by atoms with Crippen LogP contribution < -0.4 is 0 Å². The minimum absolute atomic E-state index is 0.0200. The van der Waals surface area contributed by atoms with E-state index in [2.05, 4.69) is 0 Å². The topological polar surface area (TPSA) is 29.5 Å². The summed E-state index contributed by atoms with van der Waals surface area (Å²) in [7, 11) is 0. The van der Waals surface area contributed by atoms with Crippen molar-refractivity contribution in [1.29, 1.82) is 0 Å². The van der Waals surface area contributed by atoms with Gasteiger partial charge in [-0.25, -0.2) is 0 Å². The quantitative estimate of drug-likeness (QED) is 0.790. The van der Waals surface area contributed by atoms with Crippen LogP contribution >= 0.6 is 0 Å². The third-order valence-corrected chi connectivity index (χ3v) is 4.45. The Hall–Kier alpha value is -0.290. The normalized spacial score (nSPS) is 31.3. The zero-order chi connectivity index (χ0) is 13.2. The standard InChI is InChI=1S/C13H21F3O2/c14-13(15,16)7-4-8-18-11-9-10(17)12(11)5-2-1-3-6-12/h10-11,17H,1-9H2. The van der Waals surface area contributed by atoms with Crippen LogP contribution in [0.15, 0.2) is 0 Å². The number of ether oxygens (including phenoxy) is 1. The molecule has 0 amide bonds. The van der Waals surface area contributed by atoms with Crippen LogP contribution in [0.1, 0.15) is 51.4 Å². The lowest BCUT2D eigenvalue weighted by Crippen LogP contribution is -2.59. The molecule has 0 aromatic carbocycles. The molecule has 106 valence electrons. The van der Waals surface area contributed by atoms with E-state index in [4.69, 9.17) is 4.74 Å². The lowest BCUT2D eigenvalue weighted by Gasteiger charge is -2.55. The summed E-state index contributed by atoms with van der Waals surface area (Å²) in [5.41, 5.74) is -0.142. The number of alkyl halides is 3. The number of aliphatic hydroxyl groups excluding tert-OH is 1. The number of aliphatic hydroxyl groups is 1. The van der Waals surface area contributed by atoms with Crippen LogP contribution in [-0.2, 0) is 4.74 Å². The van der Waals surface area contributed by atoms with Gasteiger partial charge >= 0.3 is 6.18 Å². The zero-order valence-electron chi connectivity index (χ0n) is 10.5. The van der Waals surface area contributed by atoms with Gasteiger partial charge in [-0.3, -0.25) is 0 Å². The molecule has 2 fully saturated rings. The fourth-order valence-corrected chi connectivity index (χ4v) is 3.32. The van der Waals surface area contributed by atoms with Gasteiger partial charge in [0.1, 0.15) is 0 Å².